The molecule has 0 radical (unpaired) electrons. The average molecular weight is 967 g/mol. The van der Waals surface area contributed by atoms with E-state index in [9.17, 15) is 44.6 Å². The van der Waals surface area contributed by atoms with E-state index in [4.69, 9.17) is 18.5 Å². The maximum Gasteiger partial charge on any atom is 0.472 e. The minimum atomic E-state index is -5.13. The highest BCUT2D eigenvalue weighted by molar-refractivity contribution is 7.47. The van der Waals surface area contributed by atoms with Gasteiger partial charge in [-0.1, -0.05) is 170 Å². The summed E-state index contributed by atoms with van der Waals surface area (Å²) in [6.07, 6.45) is 40.8. The Bertz CT molecular complexity index is 1440. The smallest absolute Gasteiger partial charge is 0.462 e. The molecule has 0 amide bonds. The fourth-order valence-corrected chi connectivity index (χ4v) is 8.40. The molecule has 67 heavy (non-hydrogen) atoms. The molecule has 1 rings (SSSR count). The molecule has 0 aromatic rings. The van der Waals surface area contributed by atoms with Crippen LogP contribution in [0.3, 0.4) is 0 Å². The van der Waals surface area contributed by atoms with E-state index in [2.05, 4.69) is 86.8 Å². The van der Waals surface area contributed by atoms with Crippen molar-refractivity contribution in [1.29, 1.82) is 0 Å². The van der Waals surface area contributed by atoms with Gasteiger partial charge >= 0.3 is 19.8 Å². The van der Waals surface area contributed by atoms with Crippen LogP contribution in [0.2, 0.25) is 0 Å². The molecule has 0 bridgehead atoms. The molecule has 6 N–H and O–H groups in total. The first kappa shape index (κ1) is 62.3. The second-order valence-electron chi connectivity index (χ2n) is 17.6. The van der Waals surface area contributed by atoms with E-state index in [-0.39, 0.29) is 12.8 Å². The first-order valence-corrected chi connectivity index (χ1v) is 27.2. The van der Waals surface area contributed by atoms with E-state index in [1.54, 1.807) is 0 Å². The maximum atomic E-state index is 12.9. The number of carbonyl (C=O) groups is 2. The van der Waals surface area contributed by atoms with Gasteiger partial charge in [-0.15, -0.1) is 0 Å². The lowest BCUT2D eigenvalue weighted by atomic mass is 9.85. The highest BCUT2D eigenvalue weighted by atomic mass is 31.2. The molecule has 1 aliphatic rings. The quantitative estimate of drug-likeness (QED) is 0.0146. The van der Waals surface area contributed by atoms with Crippen molar-refractivity contribution in [3.8, 4) is 0 Å². The minimum absolute atomic E-state index is 0.0849. The molecule has 1 aliphatic carbocycles. The summed E-state index contributed by atoms with van der Waals surface area (Å²) >= 11 is 0. The zero-order chi connectivity index (χ0) is 49.2. The largest absolute Gasteiger partial charge is 0.472 e. The normalized spacial score (nSPS) is 21.7. The lowest BCUT2D eigenvalue weighted by Crippen LogP contribution is -2.64. The third-order valence-corrected chi connectivity index (χ3v) is 12.5. The molecule has 0 aromatic carbocycles. The fourth-order valence-electron chi connectivity index (χ4n) is 7.43. The van der Waals surface area contributed by atoms with Crippen molar-refractivity contribution >= 4 is 19.8 Å². The van der Waals surface area contributed by atoms with Crippen molar-refractivity contribution in [3.63, 3.8) is 0 Å². The topological polar surface area (TPSA) is 210 Å². The Morgan fingerprint density at radius 3 is 1.30 bits per heavy atom. The van der Waals surface area contributed by atoms with E-state index < -0.39 is 75.7 Å². The van der Waals surface area contributed by atoms with Crippen molar-refractivity contribution in [2.24, 2.45) is 0 Å². The molecule has 1 saturated carbocycles. The molecular formula is C53H91O13P. The van der Waals surface area contributed by atoms with Crippen LogP contribution in [0.4, 0.5) is 0 Å². The Morgan fingerprint density at radius 1 is 0.478 bits per heavy atom. The number of hydrogen-bond acceptors (Lipinski definition) is 12. The van der Waals surface area contributed by atoms with Crippen LogP contribution in [0.25, 0.3) is 0 Å². The minimum Gasteiger partial charge on any atom is -0.462 e. The zero-order valence-electron chi connectivity index (χ0n) is 41.2. The van der Waals surface area contributed by atoms with E-state index in [1.807, 2.05) is 0 Å². The summed E-state index contributed by atoms with van der Waals surface area (Å²) in [7, 11) is -5.13. The van der Waals surface area contributed by atoms with Crippen LogP contribution in [-0.2, 0) is 32.7 Å². The highest BCUT2D eigenvalue weighted by Crippen LogP contribution is 2.47. The fraction of sp³-hybridized carbons (Fsp3) is 0.736. The second kappa shape index (κ2) is 42.2. The summed E-state index contributed by atoms with van der Waals surface area (Å²) in [5.74, 6) is -1.12. The summed E-state index contributed by atoms with van der Waals surface area (Å²) in [5, 5.41) is 50.3. The lowest BCUT2D eigenvalue weighted by Gasteiger charge is -2.41. The van der Waals surface area contributed by atoms with E-state index in [1.165, 1.54) is 51.4 Å². The van der Waals surface area contributed by atoms with E-state index in [0.29, 0.717) is 12.8 Å². The molecule has 6 unspecified atom stereocenters. The molecule has 0 spiro atoms. The number of esters is 2. The van der Waals surface area contributed by atoms with Gasteiger partial charge in [-0.2, -0.15) is 0 Å². The van der Waals surface area contributed by atoms with Crippen LogP contribution in [0.5, 0.6) is 0 Å². The van der Waals surface area contributed by atoms with Crippen molar-refractivity contribution in [2.45, 2.75) is 236 Å². The highest BCUT2D eigenvalue weighted by Gasteiger charge is 2.51. The number of ether oxygens (including phenoxy) is 2. The number of unbranched alkanes of at least 4 members (excludes halogenated alkanes) is 18. The van der Waals surface area contributed by atoms with Gasteiger partial charge < -0.3 is 39.9 Å². The standard InChI is InChI=1S/C53H91O13P/c1-3-5-7-9-11-13-15-17-19-20-21-22-23-24-25-26-28-30-32-34-36-38-40-42-47(55)65-45(44-64-67(61,62)66-53-51(59)49(57)48(56)50(58)52(53)60)43-63-46(54)41-39-37-35-33-31-29-27-18-16-14-12-10-8-6-4-2/h5,7,11-14,17-19,21-22,27,45,48-53,56-60H,3-4,6,8-10,15-16,20,23-26,28-44H2,1-2H3,(H,61,62)/b7-5-,13-11-,14-12-,19-17-,22-21-,27-18-. The van der Waals surface area contributed by atoms with Crippen molar-refractivity contribution in [3.05, 3.63) is 72.9 Å². The molecule has 0 saturated heterocycles. The van der Waals surface area contributed by atoms with Crippen molar-refractivity contribution < 1.29 is 63.1 Å². The lowest BCUT2D eigenvalue weighted by molar-refractivity contribution is -0.220. The number of allylic oxidation sites excluding steroid dienone is 12. The maximum absolute atomic E-state index is 12.9. The number of aliphatic hydroxyl groups excluding tert-OH is 5. The van der Waals surface area contributed by atoms with E-state index >= 15 is 0 Å². The van der Waals surface area contributed by atoms with Crippen LogP contribution in [-0.4, -0.2) is 98.3 Å². The number of phosphoric ester groups is 1. The first-order chi connectivity index (χ1) is 32.4. The van der Waals surface area contributed by atoms with Crippen LogP contribution in [0, 0.1) is 0 Å². The summed E-state index contributed by atoms with van der Waals surface area (Å²) < 4.78 is 33.6. The summed E-state index contributed by atoms with van der Waals surface area (Å²) in [4.78, 5) is 35.8. The predicted molar refractivity (Wildman–Crippen MR) is 267 cm³/mol. The zero-order valence-corrected chi connectivity index (χ0v) is 42.1. The van der Waals surface area contributed by atoms with Gasteiger partial charge in [0.15, 0.2) is 6.10 Å². The molecular weight excluding hydrogens is 876 g/mol. The number of hydrogen-bond donors (Lipinski definition) is 6. The van der Waals surface area contributed by atoms with Gasteiger partial charge in [0.05, 0.1) is 6.61 Å². The Morgan fingerprint density at radius 2 is 0.851 bits per heavy atom. The number of phosphoric acid groups is 1. The molecule has 0 aliphatic heterocycles. The first-order valence-electron chi connectivity index (χ1n) is 25.7. The molecule has 0 heterocycles. The summed E-state index contributed by atoms with van der Waals surface area (Å²) in [6.45, 7) is 3.16. The van der Waals surface area contributed by atoms with Gasteiger partial charge in [0.1, 0.15) is 43.2 Å². The Labute approximate surface area is 404 Å². The Hall–Kier alpha value is -2.71. The molecule has 14 heteroatoms. The second-order valence-corrected chi connectivity index (χ2v) is 19.0. The number of aliphatic hydroxyl groups is 5. The monoisotopic (exact) mass is 967 g/mol. The molecule has 386 valence electrons. The van der Waals surface area contributed by atoms with Gasteiger partial charge in [-0.3, -0.25) is 18.6 Å². The molecule has 6 atom stereocenters. The Balaban J connectivity index is 2.39. The van der Waals surface area contributed by atoms with Crippen molar-refractivity contribution in [2.75, 3.05) is 13.2 Å². The third-order valence-electron chi connectivity index (χ3n) is 11.5. The molecule has 0 aromatic heterocycles. The summed E-state index contributed by atoms with van der Waals surface area (Å²) in [6, 6.07) is 0. The molecule has 1 fully saturated rings. The molecule has 13 nitrogen and oxygen atoms in total. The van der Waals surface area contributed by atoms with Gasteiger partial charge in [-0.05, 0) is 83.5 Å². The number of rotatable bonds is 42. The number of carbonyl (C=O) groups excluding carboxylic acids is 2. The van der Waals surface area contributed by atoms with Crippen molar-refractivity contribution in [1.82, 2.24) is 0 Å². The summed E-state index contributed by atoms with van der Waals surface area (Å²) in [5.41, 5.74) is 0. The van der Waals surface area contributed by atoms with Crippen LogP contribution < -0.4 is 0 Å². The van der Waals surface area contributed by atoms with Crippen LogP contribution in [0.15, 0.2) is 72.9 Å². The van der Waals surface area contributed by atoms with Crippen LogP contribution >= 0.6 is 7.82 Å². The Kier molecular flexibility index (Phi) is 39.2. The van der Waals surface area contributed by atoms with Gasteiger partial charge in [0, 0.05) is 12.8 Å². The third kappa shape index (κ3) is 34.3. The van der Waals surface area contributed by atoms with Gasteiger partial charge in [-0.25, -0.2) is 4.57 Å². The van der Waals surface area contributed by atoms with E-state index in [0.717, 1.165) is 103 Å². The SMILES string of the molecule is CC/C=C\C/C=C\C/C=C\C/C=C\CCCCCCCCCCCCC(=O)OC(COC(=O)CCCCCCC/C=C\C/C=C\CCCCC)COP(=O)(O)OC1C(O)C(O)C(O)C(O)C1O. The van der Waals surface area contributed by atoms with Gasteiger partial charge in [0.25, 0.3) is 0 Å². The average Bonchev–Trinajstić information content (AvgIpc) is 3.31. The van der Waals surface area contributed by atoms with Gasteiger partial charge in [0.2, 0.25) is 0 Å². The van der Waals surface area contributed by atoms with Crippen LogP contribution in [0.1, 0.15) is 194 Å². The predicted octanol–water partition coefficient (Wildman–Crippen LogP) is 11.1.